The zero-order chi connectivity index (χ0) is 29.6. The lowest BCUT2D eigenvalue weighted by Crippen LogP contribution is -2.27. The van der Waals surface area contributed by atoms with Gasteiger partial charge in [0.1, 0.15) is 5.75 Å². The van der Waals surface area contributed by atoms with Gasteiger partial charge < -0.3 is 14.9 Å². The summed E-state index contributed by atoms with van der Waals surface area (Å²) >= 11 is 0. The lowest BCUT2D eigenvalue weighted by Gasteiger charge is -2.31. The number of aromatic carboxylic acids is 1. The van der Waals surface area contributed by atoms with Crippen LogP contribution in [-0.4, -0.2) is 44.0 Å². The number of alkyl halides is 2. The third-order valence-corrected chi connectivity index (χ3v) is 8.07. The molecule has 0 unspecified atom stereocenters. The highest BCUT2D eigenvalue weighted by molar-refractivity contribution is 7.88. The first-order valence-electron chi connectivity index (χ1n) is 13.6. The van der Waals surface area contributed by atoms with Gasteiger partial charge in [-0.15, -0.1) is 0 Å². The molecule has 0 fully saturated rings. The smallest absolute Gasteiger partial charge is 0.336 e. The molecule has 0 radical (unpaired) electrons. The molecule has 3 aromatic rings. The Morgan fingerprint density at radius 1 is 1.02 bits per heavy atom. The van der Waals surface area contributed by atoms with Crippen LogP contribution in [0.3, 0.4) is 0 Å². The molecule has 2 atom stereocenters. The second-order valence-electron chi connectivity index (χ2n) is 10.6. The number of benzene rings is 3. The van der Waals surface area contributed by atoms with Crippen LogP contribution in [0.5, 0.6) is 5.75 Å². The van der Waals surface area contributed by atoms with Crippen molar-refractivity contribution in [2.75, 3.05) is 19.4 Å². The first kappa shape index (κ1) is 30.6. The molecule has 4 rings (SSSR count). The zero-order valence-electron chi connectivity index (χ0n) is 22.9. The number of aliphatic hydroxyl groups excluding tert-OH is 1. The number of ether oxygens (including phenoxy) is 1. The van der Waals surface area contributed by atoms with Crippen molar-refractivity contribution in [2.45, 2.75) is 50.6 Å². The number of carboxylic acids is 1. The van der Waals surface area contributed by atoms with Crippen molar-refractivity contribution in [1.29, 1.82) is 0 Å². The lowest BCUT2D eigenvalue weighted by atomic mass is 9.86. The van der Waals surface area contributed by atoms with E-state index in [9.17, 15) is 23.4 Å². The molecule has 0 spiro atoms. The topological polar surface area (TPSA) is 113 Å². The van der Waals surface area contributed by atoms with E-state index in [1.54, 1.807) is 18.2 Å². The van der Waals surface area contributed by atoms with E-state index in [0.717, 1.165) is 17.9 Å². The fourth-order valence-electron chi connectivity index (χ4n) is 5.13. The van der Waals surface area contributed by atoms with Crippen LogP contribution in [0.15, 0.2) is 66.7 Å². The van der Waals surface area contributed by atoms with E-state index in [1.807, 2.05) is 30.3 Å². The summed E-state index contributed by atoms with van der Waals surface area (Å²) in [6, 6.07) is 18.2. The van der Waals surface area contributed by atoms with Crippen molar-refractivity contribution in [3.8, 4) is 16.9 Å². The summed E-state index contributed by atoms with van der Waals surface area (Å²) in [5.74, 6) is -4.18. The van der Waals surface area contributed by atoms with Crippen LogP contribution in [-0.2, 0) is 22.4 Å². The van der Waals surface area contributed by atoms with Gasteiger partial charge in [0, 0.05) is 30.0 Å². The third kappa shape index (κ3) is 8.12. The van der Waals surface area contributed by atoms with Crippen molar-refractivity contribution < 1.29 is 36.9 Å². The Balaban J connectivity index is 1.47. The maximum Gasteiger partial charge on any atom is 0.336 e. The van der Waals surface area contributed by atoms with E-state index in [1.165, 1.54) is 12.1 Å². The number of carboxylic acid groups (broad SMARTS) is 1. The highest BCUT2D eigenvalue weighted by Crippen LogP contribution is 2.41. The number of carbonyl (C=O) groups is 1. The minimum absolute atomic E-state index is 0.110. The van der Waals surface area contributed by atoms with Crippen LogP contribution >= 0.6 is 0 Å². The van der Waals surface area contributed by atoms with Crippen LogP contribution in [0.1, 0.15) is 65.3 Å². The highest BCUT2D eigenvalue weighted by Gasteiger charge is 2.33. The quantitative estimate of drug-likeness (QED) is 0.214. The maximum absolute atomic E-state index is 15.2. The lowest BCUT2D eigenvalue weighted by molar-refractivity contribution is -0.0158. The van der Waals surface area contributed by atoms with E-state index in [2.05, 4.69) is 4.72 Å². The van der Waals surface area contributed by atoms with Gasteiger partial charge in [-0.05, 0) is 54.2 Å². The second-order valence-corrected chi connectivity index (χ2v) is 12.4. The van der Waals surface area contributed by atoms with Gasteiger partial charge in [-0.25, -0.2) is 26.7 Å². The molecule has 10 heteroatoms. The molecule has 3 N–H and O–H groups in total. The maximum atomic E-state index is 15.2. The summed E-state index contributed by atoms with van der Waals surface area (Å²) < 4.78 is 60.9. The predicted octanol–water partition coefficient (Wildman–Crippen LogP) is 5.93. The number of nitrogens with one attached hydrogen (secondary N) is 1. The van der Waals surface area contributed by atoms with Crippen LogP contribution in [0.25, 0.3) is 11.1 Å². The van der Waals surface area contributed by atoms with E-state index >= 15 is 8.78 Å². The Morgan fingerprint density at radius 2 is 1.76 bits per heavy atom. The summed E-state index contributed by atoms with van der Waals surface area (Å²) in [6.07, 6.45) is 2.40. The largest absolute Gasteiger partial charge is 0.493 e. The Hall–Kier alpha value is -3.34. The van der Waals surface area contributed by atoms with E-state index in [0.29, 0.717) is 42.6 Å². The van der Waals surface area contributed by atoms with Crippen LogP contribution < -0.4 is 9.46 Å². The Bertz CT molecular complexity index is 1460. The van der Waals surface area contributed by atoms with Gasteiger partial charge in [0.05, 0.1) is 24.5 Å². The van der Waals surface area contributed by atoms with Gasteiger partial charge in [0.25, 0.3) is 5.92 Å². The van der Waals surface area contributed by atoms with E-state index < -0.39 is 34.4 Å². The zero-order valence-corrected chi connectivity index (χ0v) is 23.7. The SMILES string of the molecule is CS(=O)(=O)NCCCCCCC(F)(F)c1ccc(C(=O)O)c(-c2ccc3c(c2)OC[C@H](Cc2ccccc2)[C@H]3O)c1. The number of fused-ring (bicyclic) bond motifs is 1. The first-order chi connectivity index (χ1) is 19.4. The Morgan fingerprint density at radius 3 is 2.46 bits per heavy atom. The van der Waals surface area contributed by atoms with E-state index in [-0.39, 0.29) is 42.2 Å². The third-order valence-electron chi connectivity index (χ3n) is 7.34. The number of rotatable bonds is 13. The Kier molecular flexibility index (Phi) is 9.78. The fraction of sp³-hybridized carbons (Fsp3) is 0.387. The summed E-state index contributed by atoms with van der Waals surface area (Å²) in [5, 5.41) is 20.8. The molecular formula is C31H35F2NO6S. The molecule has 1 heterocycles. The number of unbranched alkanes of at least 4 members (excludes halogenated alkanes) is 3. The van der Waals surface area contributed by atoms with Crippen molar-refractivity contribution in [3.63, 3.8) is 0 Å². The number of aliphatic hydroxyl groups is 1. The molecule has 0 aliphatic carbocycles. The van der Waals surface area contributed by atoms with Crippen LogP contribution in [0.4, 0.5) is 8.78 Å². The summed E-state index contributed by atoms with van der Waals surface area (Å²) in [4.78, 5) is 12.0. The molecule has 1 aliphatic rings. The summed E-state index contributed by atoms with van der Waals surface area (Å²) in [6.45, 7) is 0.533. The first-order valence-corrected chi connectivity index (χ1v) is 15.5. The van der Waals surface area contributed by atoms with Crippen molar-refractivity contribution in [2.24, 2.45) is 5.92 Å². The van der Waals surface area contributed by atoms with Crippen molar-refractivity contribution >= 4 is 16.0 Å². The molecule has 0 amide bonds. The summed E-state index contributed by atoms with van der Waals surface area (Å²) in [5.41, 5.74) is 1.82. The molecule has 0 saturated carbocycles. The van der Waals surface area contributed by atoms with Crippen molar-refractivity contribution in [1.82, 2.24) is 4.72 Å². The fourth-order valence-corrected chi connectivity index (χ4v) is 5.64. The molecular weight excluding hydrogens is 552 g/mol. The Labute approximate surface area is 239 Å². The van der Waals surface area contributed by atoms with Crippen LogP contribution in [0, 0.1) is 5.92 Å². The number of hydrogen-bond acceptors (Lipinski definition) is 5. The predicted molar refractivity (Wildman–Crippen MR) is 153 cm³/mol. The molecule has 3 aromatic carbocycles. The molecule has 41 heavy (non-hydrogen) atoms. The molecule has 0 aromatic heterocycles. The average molecular weight is 588 g/mol. The van der Waals surface area contributed by atoms with Gasteiger partial charge >= 0.3 is 5.97 Å². The van der Waals surface area contributed by atoms with Gasteiger partial charge in [-0.1, -0.05) is 61.4 Å². The highest BCUT2D eigenvalue weighted by atomic mass is 32.2. The summed E-state index contributed by atoms with van der Waals surface area (Å²) in [7, 11) is -3.27. The monoisotopic (exact) mass is 587 g/mol. The average Bonchev–Trinajstić information content (AvgIpc) is 2.93. The standard InChI is InChI=1S/C31H35F2NO6S/c1-41(38,39)34-16-8-3-2-7-15-31(32,33)24-12-14-25(30(36)37)27(19-24)22-11-13-26-28(18-22)40-20-23(29(26)35)17-21-9-5-4-6-10-21/h4-6,9-14,18-19,23,29,34-35H,2-3,7-8,15-17,20H2,1H3,(H,36,37)/t23-,29+/m0/s1. The number of halogens is 2. The molecule has 0 bridgehead atoms. The van der Waals surface area contributed by atoms with Gasteiger partial charge in [-0.2, -0.15) is 0 Å². The van der Waals surface area contributed by atoms with Gasteiger partial charge in [-0.3, -0.25) is 0 Å². The number of sulfonamides is 1. The normalized spacial score (nSPS) is 17.1. The van der Waals surface area contributed by atoms with Gasteiger partial charge in [0.2, 0.25) is 10.0 Å². The molecule has 220 valence electrons. The van der Waals surface area contributed by atoms with E-state index in [4.69, 9.17) is 4.74 Å². The van der Waals surface area contributed by atoms with Crippen molar-refractivity contribution in [3.05, 3.63) is 89.0 Å². The number of hydrogen-bond donors (Lipinski definition) is 3. The molecule has 1 aliphatic heterocycles. The second kappa shape index (κ2) is 13.1. The van der Waals surface area contributed by atoms with Crippen LogP contribution in [0.2, 0.25) is 0 Å². The van der Waals surface area contributed by atoms with Gasteiger partial charge in [0.15, 0.2) is 0 Å². The molecule has 0 saturated heterocycles. The minimum Gasteiger partial charge on any atom is -0.493 e. The molecule has 7 nitrogen and oxygen atoms in total. The minimum atomic E-state index is -3.27.